The molecule has 2 amide bonds. The molecule has 0 bridgehead atoms. The molecule has 32 heavy (non-hydrogen) atoms. The number of fused-ring (bicyclic) bond motifs is 3. The molecule has 0 saturated carbocycles. The van der Waals surface area contributed by atoms with Crippen molar-refractivity contribution in [1.29, 1.82) is 0 Å². The average molecular weight is 434 g/mol. The van der Waals surface area contributed by atoms with Gasteiger partial charge in [0.05, 0.1) is 5.92 Å². The number of carboxylic acids is 1. The van der Waals surface area contributed by atoms with Crippen LogP contribution in [0.2, 0.25) is 0 Å². The molecule has 0 saturated heterocycles. The first-order chi connectivity index (χ1) is 15.4. The number of carbonyl (C=O) groups is 3. The number of hydrogen-bond donors (Lipinski definition) is 3. The second kappa shape index (κ2) is 10.5. The van der Waals surface area contributed by atoms with Crippen LogP contribution < -0.4 is 10.6 Å². The van der Waals surface area contributed by atoms with E-state index in [1.165, 1.54) is 0 Å². The molecular formula is C25H26N2O5. The summed E-state index contributed by atoms with van der Waals surface area (Å²) in [5.41, 5.74) is 4.51. The molecule has 1 aliphatic carbocycles. The number of alkyl carbamates (subject to hydrolysis) is 1. The second-order valence-electron chi connectivity index (χ2n) is 7.64. The van der Waals surface area contributed by atoms with E-state index in [1.54, 1.807) is 13.8 Å². The summed E-state index contributed by atoms with van der Waals surface area (Å²) in [6.07, 6.45) is -0.609. The molecule has 0 heterocycles. The Morgan fingerprint density at radius 3 is 2.22 bits per heavy atom. The van der Waals surface area contributed by atoms with Crippen molar-refractivity contribution in [2.75, 3.05) is 13.2 Å². The summed E-state index contributed by atoms with van der Waals surface area (Å²) in [6, 6.07) is 15.0. The number of carbonyl (C=O) groups excluding carboxylic acids is 2. The molecule has 2 aromatic carbocycles. The third-order valence-electron chi connectivity index (χ3n) is 5.44. The molecule has 1 aliphatic rings. The summed E-state index contributed by atoms with van der Waals surface area (Å²) in [6.45, 7) is 3.40. The highest BCUT2D eigenvalue weighted by atomic mass is 16.5. The van der Waals surface area contributed by atoms with Crippen molar-refractivity contribution < 1.29 is 24.2 Å². The topological polar surface area (TPSA) is 105 Å². The van der Waals surface area contributed by atoms with Gasteiger partial charge in [0.15, 0.2) is 0 Å². The van der Waals surface area contributed by atoms with Gasteiger partial charge in [0.25, 0.3) is 0 Å². The van der Waals surface area contributed by atoms with Crippen LogP contribution in [0.4, 0.5) is 4.79 Å². The number of nitrogens with one attached hydrogen (secondary N) is 2. The van der Waals surface area contributed by atoms with Crippen LogP contribution in [0.15, 0.2) is 48.5 Å². The largest absolute Gasteiger partial charge is 0.480 e. The van der Waals surface area contributed by atoms with E-state index in [2.05, 4.69) is 34.6 Å². The van der Waals surface area contributed by atoms with Crippen LogP contribution in [0, 0.1) is 17.8 Å². The first-order valence-electron chi connectivity index (χ1n) is 10.4. The van der Waals surface area contributed by atoms with Gasteiger partial charge in [0, 0.05) is 18.9 Å². The van der Waals surface area contributed by atoms with Crippen molar-refractivity contribution in [2.24, 2.45) is 5.92 Å². The van der Waals surface area contributed by atoms with Crippen molar-refractivity contribution in [3.8, 4) is 23.0 Å². The number of aliphatic carboxylic acids is 1. The lowest BCUT2D eigenvalue weighted by molar-refractivity contribution is -0.142. The summed E-state index contributed by atoms with van der Waals surface area (Å²) >= 11 is 0. The van der Waals surface area contributed by atoms with Gasteiger partial charge < -0.3 is 20.5 Å². The highest BCUT2D eigenvalue weighted by Gasteiger charge is 2.29. The normalized spacial score (nSPS) is 13.6. The Morgan fingerprint density at radius 1 is 1.06 bits per heavy atom. The van der Waals surface area contributed by atoms with E-state index in [0.717, 1.165) is 22.3 Å². The molecule has 7 nitrogen and oxygen atoms in total. The van der Waals surface area contributed by atoms with Gasteiger partial charge in [0.2, 0.25) is 5.91 Å². The maximum atomic E-state index is 12.3. The van der Waals surface area contributed by atoms with E-state index in [1.807, 2.05) is 36.4 Å². The van der Waals surface area contributed by atoms with Gasteiger partial charge in [-0.05, 0) is 29.2 Å². The molecule has 2 unspecified atom stereocenters. The molecule has 3 N–H and O–H groups in total. The number of benzene rings is 2. The Labute approximate surface area is 187 Å². The SMILES string of the molecule is CC#CCC(NC(=O)C(C)CNC(=O)OCC1c2ccccc2-c2ccccc21)C(=O)O. The lowest BCUT2D eigenvalue weighted by Gasteiger charge is -2.18. The average Bonchev–Trinajstić information content (AvgIpc) is 3.12. The van der Waals surface area contributed by atoms with Crippen LogP contribution in [-0.4, -0.2) is 42.3 Å². The summed E-state index contributed by atoms with van der Waals surface area (Å²) in [4.78, 5) is 35.7. The summed E-state index contributed by atoms with van der Waals surface area (Å²) in [5.74, 6) is 2.94. The molecule has 7 heteroatoms. The van der Waals surface area contributed by atoms with E-state index in [4.69, 9.17) is 4.74 Å². The molecule has 2 atom stereocenters. The van der Waals surface area contributed by atoms with Crippen molar-refractivity contribution >= 4 is 18.0 Å². The molecule has 0 spiro atoms. The Balaban J connectivity index is 1.52. The van der Waals surface area contributed by atoms with Crippen molar-refractivity contribution in [1.82, 2.24) is 10.6 Å². The Bertz CT molecular complexity index is 1020. The first-order valence-corrected chi connectivity index (χ1v) is 10.4. The van der Waals surface area contributed by atoms with Crippen molar-refractivity contribution in [3.05, 3.63) is 59.7 Å². The highest BCUT2D eigenvalue weighted by Crippen LogP contribution is 2.44. The fourth-order valence-corrected chi connectivity index (χ4v) is 3.70. The minimum Gasteiger partial charge on any atom is -0.480 e. The fourth-order valence-electron chi connectivity index (χ4n) is 3.70. The zero-order valence-corrected chi connectivity index (χ0v) is 18.1. The predicted molar refractivity (Wildman–Crippen MR) is 120 cm³/mol. The molecule has 166 valence electrons. The Kier molecular flexibility index (Phi) is 7.50. The van der Waals surface area contributed by atoms with Gasteiger partial charge in [-0.15, -0.1) is 11.8 Å². The van der Waals surface area contributed by atoms with Crippen molar-refractivity contribution in [2.45, 2.75) is 32.2 Å². The van der Waals surface area contributed by atoms with Gasteiger partial charge in [-0.2, -0.15) is 0 Å². The maximum Gasteiger partial charge on any atom is 0.407 e. The molecule has 0 fully saturated rings. The molecule has 0 radical (unpaired) electrons. The number of rotatable bonds is 8. The quantitative estimate of drug-likeness (QED) is 0.554. The van der Waals surface area contributed by atoms with Gasteiger partial charge in [-0.1, -0.05) is 55.5 Å². The van der Waals surface area contributed by atoms with Crippen LogP contribution in [-0.2, 0) is 14.3 Å². The molecule has 2 aromatic rings. The number of hydrogen-bond acceptors (Lipinski definition) is 4. The summed E-state index contributed by atoms with van der Waals surface area (Å²) in [7, 11) is 0. The van der Waals surface area contributed by atoms with Crippen LogP contribution in [0.3, 0.4) is 0 Å². The zero-order chi connectivity index (χ0) is 23.1. The van der Waals surface area contributed by atoms with E-state index in [9.17, 15) is 19.5 Å². The summed E-state index contributed by atoms with van der Waals surface area (Å²) < 4.78 is 5.45. The lowest BCUT2D eigenvalue weighted by atomic mass is 9.98. The van der Waals surface area contributed by atoms with Gasteiger partial charge in [-0.3, -0.25) is 4.79 Å². The standard InChI is InChI=1S/C25H26N2O5/c1-3-4-13-22(24(29)30)27-23(28)16(2)14-26-25(31)32-15-21-19-11-7-5-9-17(19)18-10-6-8-12-20(18)21/h5-12,16,21-22H,13-15H2,1-2H3,(H,26,31)(H,27,28)(H,29,30). The van der Waals surface area contributed by atoms with Crippen LogP contribution in [0.1, 0.15) is 37.3 Å². The molecule has 0 aromatic heterocycles. The maximum absolute atomic E-state index is 12.3. The van der Waals surface area contributed by atoms with Gasteiger partial charge in [-0.25, -0.2) is 9.59 Å². The molecular weight excluding hydrogens is 408 g/mol. The summed E-state index contributed by atoms with van der Waals surface area (Å²) in [5, 5.41) is 14.2. The minimum atomic E-state index is -1.15. The number of ether oxygens (including phenoxy) is 1. The van der Waals surface area contributed by atoms with E-state index in [0.29, 0.717) is 0 Å². The fraction of sp³-hybridized carbons (Fsp3) is 0.320. The van der Waals surface area contributed by atoms with Gasteiger partial charge >= 0.3 is 12.1 Å². The van der Waals surface area contributed by atoms with Crippen LogP contribution in [0.5, 0.6) is 0 Å². The Morgan fingerprint density at radius 2 is 1.66 bits per heavy atom. The first kappa shape index (κ1) is 22.9. The van der Waals surface area contributed by atoms with E-state index < -0.39 is 29.9 Å². The Hall–Kier alpha value is -3.79. The third kappa shape index (κ3) is 5.27. The van der Waals surface area contributed by atoms with E-state index in [-0.39, 0.29) is 25.5 Å². The third-order valence-corrected chi connectivity index (χ3v) is 5.44. The molecule has 0 aliphatic heterocycles. The lowest BCUT2D eigenvalue weighted by Crippen LogP contribution is -2.45. The van der Waals surface area contributed by atoms with Crippen LogP contribution >= 0.6 is 0 Å². The number of carboxylic acid groups (broad SMARTS) is 1. The predicted octanol–water partition coefficient (Wildman–Crippen LogP) is 3.14. The second-order valence-corrected chi connectivity index (χ2v) is 7.64. The minimum absolute atomic E-state index is 0.0180. The van der Waals surface area contributed by atoms with Crippen LogP contribution in [0.25, 0.3) is 11.1 Å². The number of amides is 2. The van der Waals surface area contributed by atoms with Gasteiger partial charge in [0.1, 0.15) is 12.6 Å². The molecule has 3 rings (SSSR count). The smallest absolute Gasteiger partial charge is 0.407 e. The zero-order valence-electron chi connectivity index (χ0n) is 18.1. The monoisotopic (exact) mass is 434 g/mol. The van der Waals surface area contributed by atoms with E-state index >= 15 is 0 Å². The highest BCUT2D eigenvalue weighted by molar-refractivity contribution is 5.85. The van der Waals surface area contributed by atoms with Crippen molar-refractivity contribution in [3.63, 3.8) is 0 Å².